The normalized spacial score (nSPS) is 11.6. The Bertz CT molecular complexity index is 587. The van der Waals surface area contributed by atoms with Crippen molar-refractivity contribution in [3.8, 4) is 5.75 Å². The van der Waals surface area contributed by atoms with E-state index in [4.69, 9.17) is 9.88 Å². The Morgan fingerprint density at radius 2 is 1.19 bits per heavy atom. The maximum atomic E-state index is 11.5. The van der Waals surface area contributed by atoms with Crippen molar-refractivity contribution in [1.82, 2.24) is 0 Å². The molecule has 0 unspecified atom stereocenters. The highest BCUT2D eigenvalue weighted by atomic mass is 32.2. The van der Waals surface area contributed by atoms with Crippen LogP contribution >= 0.6 is 0 Å². The topological polar surface area (TPSA) is 69.4 Å². The molecule has 0 aliphatic heterocycles. The summed E-state index contributed by atoms with van der Waals surface area (Å²) in [6.45, 7) is 2.80. The van der Waals surface area contributed by atoms with Crippen LogP contribution in [0.15, 0.2) is 29.2 Å². The van der Waals surface area contributed by atoms with Gasteiger partial charge < -0.3 is 4.74 Å². The van der Waals surface area contributed by atoms with E-state index in [-0.39, 0.29) is 4.90 Å². The van der Waals surface area contributed by atoms with E-state index >= 15 is 0 Å². The molecule has 0 spiro atoms. The van der Waals surface area contributed by atoms with Crippen LogP contribution in [-0.4, -0.2) is 15.0 Å². The van der Waals surface area contributed by atoms with Crippen molar-refractivity contribution in [2.75, 3.05) is 6.61 Å². The van der Waals surface area contributed by atoms with Crippen LogP contribution in [0.25, 0.3) is 0 Å². The predicted octanol–water partition coefficient (Wildman–Crippen LogP) is 6.19. The number of unbranched alkanes of at least 4 members (excludes halogenated alkanes) is 13. The molecule has 2 N–H and O–H groups in total. The molecule has 5 heteroatoms. The number of rotatable bonds is 17. The number of nitrogens with two attached hydrogens (primary N) is 1. The lowest BCUT2D eigenvalue weighted by Crippen LogP contribution is -2.14. The molecule has 0 saturated carbocycles. The van der Waals surface area contributed by atoms with Crippen LogP contribution in [0.1, 0.15) is 96.8 Å². The van der Waals surface area contributed by atoms with Crippen molar-refractivity contribution in [2.45, 2.75) is 102 Å². The van der Waals surface area contributed by atoms with Crippen molar-refractivity contribution in [2.24, 2.45) is 5.14 Å². The lowest BCUT2D eigenvalue weighted by Gasteiger charge is -2.09. The summed E-state index contributed by atoms with van der Waals surface area (Å²) < 4.78 is 28.6. The first-order chi connectivity index (χ1) is 13.1. The SMILES string of the molecule is CCCCCCCCCCCCCCCCOc1ccccc1S(N)(=O)=O. The number of benzene rings is 1. The summed E-state index contributed by atoms with van der Waals surface area (Å²) in [7, 11) is -3.73. The Morgan fingerprint density at radius 3 is 1.67 bits per heavy atom. The quantitative estimate of drug-likeness (QED) is 0.318. The van der Waals surface area contributed by atoms with Gasteiger partial charge in [0.15, 0.2) is 0 Å². The molecule has 0 bridgehead atoms. The van der Waals surface area contributed by atoms with Gasteiger partial charge in [0.25, 0.3) is 0 Å². The van der Waals surface area contributed by atoms with E-state index in [2.05, 4.69) is 6.92 Å². The zero-order valence-corrected chi connectivity index (χ0v) is 17.9. The van der Waals surface area contributed by atoms with Gasteiger partial charge in [-0.05, 0) is 18.6 Å². The molecule has 27 heavy (non-hydrogen) atoms. The molecule has 1 rings (SSSR count). The molecule has 0 aliphatic rings. The minimum atomic E-state index is -3.73. The number of ether oxygens (including phenoxy) is 1. The number of para-hydroxylation sites is 1. The fourth-order valence-electron chi connectivity index (χ4n) is 3.28. The molecule has 4 nitrogen and oxygen atoms in total. The molecule has 1 aromatic rings. The van der Waals surface area contributed by atoms with Crippen LogP contribution in [0, 0.1) is 0 Å². The maximum absolute atomic E-state index is 11.5. The number of sulfonamides is 1. The molecular weight excluding hydrogens is 358 g/mol. The third-order valence-corrected chi connectivity index (χ3v) is 5.86. The van der Waals surface area contributed by atoms with E-state index in [9.17, 15) is 8.42 Å². The van der Waals surface area contributed by atoms with Gasteiger partial charge in [-0.15, -0.1) is 0 Å². The molecule has 0 aliphatic carbocycles. The van der Waals surface area contributed by atoms with Crippen LogP contribution < -0.4 is 9.88 Å². The van der Waals surface area contributed by atoms with Crippen LogP contribution in [0.4, 0.5) is 0 Å². The molecule has 0 amide bonds. The molecule has 0 atom stereocenters. The monoisotopic (exact) mass is 397 g/mol. The van der Waals surface area contributed by atoms with Crippen molar-refractivity contribution < 1.29 is 13.2 Å². The predicted molar refractivity (Wildman–Crippen MR) is 114 cm³/mol. The fourth-order valence-corrected chi connectivity index (χ4v) is 3.96. The third kappa shape index (κ3) is 12.1. The van der Waals surface area contributed by atoms with Crippen molar-refractivity contribution in [1.29, 1.82) is 0 Å². The summed E-state index contributed by atoms with van der Waals surface area (Å²) >= 11 is 0. The van der Waals surface area contributed by atoms with Crippen molar-refractivity contribution in [3.05, 3.63) is 24.3 Å². The van der Waals surface area contributed by atoms with Crippen LogP contribution in [0.5, 0.6) is 5.75 Å². The van der Waals surface area contributed by atoms with Gasteiger partial charge in [-0.3, -0.25) is 0 Å². The third-order valence-electron chi connectivity index (χ3n) is 4.91. The molecule has 0 saturated heterocycles. The van der Waals surface area contributed by atoms with Gasteiger partial charge >= 0.3 is 0 Å². The Labute approximate surface area is 166 Å². The summed E-state index contributed by atoms with van der Waals surface area (Å²) in [4.78, 5) is 0.0652. The van der Waals surface area contributed by atoms with Gasteiger partial charge in [-0.2, -0.15) is 0 Å². The Hall–Kier alpha value is -1.07. The summed E-state index contributed by atoms with van der Waals surface area (Å²) in [6, 6.07) is 6.55. The first-order valence-corrected chi connectivity index (χ1v) is 12.3. The van der Waals surface area contributed by atoms with E-state index in [1.54, 1.807) is 18.2 Å². The Balaban J connectivity index is 1.94. The van der Waals surface area contributed by atoms with Crippen LogP contribution in [0.3, 0.4) is 0 Å². The van der Waals surface area contributed by atoms with E-state index in [0.717, 1.165) is 12.8 Å². The second kappa shape index (κ2) is 14.9. The van der Waals surface area contributed by atoms with Crippen molar-refractivity contribution >= 4 is 10.0 Å². The lowest BCUT2D eigenvalue weighted by atomic mass is 10.0. The van der Waals surface area contributed by atoms with Crippen LogP contribution in [-0.2, 0) is 10.0 Å². The van der Waals surface area contributed by atoms with Gasteiger partial charge in [0.05, 0.1) is 6.61 Å². The van der Waals surface area contributed by atoms with E-state index < -0.39 is 10.0 Å². The van der Waals surface area contributed by atoms with E-state index in [0.29, 0.717) is 12.4 Å². The lowest BCUT2D eigenvalue weighted by molar-refractivity contribution is 0.297. The molecule has 0 heterocycles. The van der Waals surface area contributed by atoms with Gasteiger partial charge in [0.1, 0.15) is 10.6 Å². The standard InChI is InChI=1S/C22H39NO3S/c1-2-3-4-5-6-7-8-9-10-11-12-13-14-17-20-26-21-18-15-16-19-22(21)27(23,24)25/h15-16,18-19H,2-14,17,20H2,1H3,(H2,23,24,25). The zero-order chi connectivity index (χ0) is 19.8. The molecule has 0 fully saturated rings. The van der Waals surface area contributed by atoms with Crippen molar-refractivity contribution in [3.63, 3.8) is 0 Å². The average molecular weight is 398 g/mol. The van der Waals surface area contributed by atoms with Gasteiger partial charge in [-0.25, -0.2) is 13.6 Å². The largest absolute Gasteiger partial charge is 0.492 e. The highest BCUT2D eigenvalue weighted by molar-refractivity contribution is 7.89. The smallest absolute Gasteiger partial charge is 0.241 e. The minimum absolute atomic E-state index is 0.0652. The number of hydrogen-bond donors (Lipinski definition) is 1. The van der Waals surface area contributed by atoms with Crippen LogP contribution in [0.2, 0.25) is 0 Å². The molecule has 156 valence electrons. The first kappa shape index (κ1) is 24.0. The van der Waals surface area contributed by atoms with Gasteiger partial charge in [0.2, 0.25) is 10.0 Å². The minimum Gasteiger partial charge on any atom is -0.492 e. The van der Waals surface area contributed by atoms with E-state index in [1.165, 1.54) is 83.1 Å². The zero-order valence-electron chi connectivity index (χ0n) is 17.1. The summed E-state index contributed by atoms with van der Waals surface area (Å²) in [5.41, 5.74) is 0. The second-order valence-corrected chi connectivity index (χ2v) is 8.97. The highest BCUT2D eigenvalue weighted by Crippen LogP contribution is 2.22. The Morgan fingerprint density at radius 1 is 0.741 bits per heavy atom. The summed E-state index contributed by atoms with van der Waals surface area (Å²) in [6.07, 6.45) is 18.4. The van der Waals surface area contributed by atoms with E-state index in [1.807, 2.05) is 0 Å². The second-order valence-electron chi connectivity index (χ2n) is 7.44. The average Bonchev–Trinajstić information content (AvgIpc) is 2.64. The molecule has 1 aromatic carbocycles. The Kier molecular flexibility index (Phi) is 13.2. The maximum Gasteiger partial charge on any atom is 0.241 e. The summed E-state index contributed by atoms with van der Waals surface area (Å²) in [5, 5.41) is 5.21. The van der Waals surface area contributed by atoms with Gasteiger partial charge in [-0.1, -0.05) is 103 Å². The molecule has 0 aromatic heterocycles. The highest BCUT2D eigenvalue weighted by Gasteiger charge is 2.13. The summed E-state index contributed by atoms with van der Waals surface area (Å²) in [5.74, 6) is 0.356. The van der Waals surface area contributed by atoms with Gasteiger partial charge in [0, 0.05) is 0 Å². The molecular formula is C22H39NO3S. The number of primary sulfonamides is 1. The number of hydrogen-bond acceptors (Lipinski definition) is 3. The first-order valence-electron chi connectivity index (χ1n) is 10.8. The fraction of sp³-hybridized carbons (Fsp3) is 0.727. The molecule has 0 radical (unpaired) electrons.